The summed E-state index contributed by atoms with van der Waals surface area (Å²) in [6, 6.07) is 15.4. The normalized spacial score (nSPS) is 14.5. The molecule has 1 aromatic heterocycles. The van der Waals surface area contributed by atoms with Gasteiger partial charge in [0.25, 0.3) is 0 Å². The third kappa shape index (κ3) is 5.93. The second-order valence-electron chi connectivity index (χ2n) is 7.55. The number of benzene rings is 2. The Balaban J connectivity index is 1.52. The van der Waals surface area contributed by atoms with Crippen molar-refractivity contribution in [3.63, 3.8) is 0 Å². The zero-order valence-electron chi connectivity index (χ0n) is 17.2. The minimum Gasteiger partial charge on any atom is -0.488 e. The summed E-state index contributed by atoms with van der Waals surface area (Å²) in [7, 11) is 0. The molecule has 3 aromatic rings. The zero-order valence-corrected chi connectivity index (χ0v) is 18.0. The lowest BCUT2D eigenvalue weighted by Crippen LogP contribution is -2.25. The van der Waals surface area contributed by atoms with E-state index < -0.39 is 6.36 Å². The molecule has 0 bridgehead atoms. The Morgan fingerprint density at radius 2 is 1.56 bits per heavy atom. The van der Waals surface area contributed by atoms with E-state index in [9.17, 15) is 13.2 Å². The van der Waals surface area contributed by atoms with Crippen molar-refractivity contribution in [1.29, 1.82) is 0 Å². The minimum absolute atomic E-state index is 0.0584. The van der Waals surface area contributed by atoms with Crippen LogP contribution in [0.4, 0.5) is 13.2 Å². The summed E-state index contributed by atoms with van der Waals surface area (Å²) < 4.78 is 48.8. The van der Waals surface area contributed by atoms with Crippen LogP contribution in [-0.4, -0.2) is 42.5 Å². The Labute approximate surface area is 189 Å². The molecule has 0 N–H and O–H groups in total. The fourth-order valence-corrected chi connectivity index (χ4v) is 3.79. The minimum atomic E-state index is -4.82. The molecular weight excluding hydrogens is 441 g/mol. The maximum Gasteiger partial charge on any atom is 0.573 e. The molecule has 2 aromatic carbocycles. The molecule has 0 saturated carbocycles. The molecule has 1 fully saturated rings. The number of hydrogen-bond acceptors (Lipinski definition) is 4. The fourth-order valence-electron chi connectivity index (χ4n) is 3.66. The van der Waals surface area contributed by atoms with Crippen LogP contribution in [0.25, 0.3) is 22.4 Å². The molecule has 32 heavy (non-hydrogen) atoms. The Kier molecular flexibility index (Phi) is 6.86. The van der Waals surface area contributed by atoms with Crippen LogP contribution in [0.15, 0.2) is 60.8 Å². The molecule has 0 aliphatic carbocycles. The lowest BCUT2D eigenvalue weighted by molar-refractivity contribution is -0.275. The molecule has 0 unspecified atom stereocenters. The van der Waals surface area contributed by atoms with Crippen LogP contribution in [0.2, 0.25) is 5.02 Å². The van der Waals surface area contributed by atoms with Crippen molar-refractivity contribution in [2.24, 2.45) is 0 Å². The first kappa shape index (κ1) is 22.4. The van der Waals surface area contributed by atoms with E-state index in [2.05, 4.69) is 14.6 Å². The van der Waals surface area contributed by atoms with E-state index in [0.717, 1.165) is 37.1 Å². The molecule has 0 radical (unpaired) electrons. The summed E-state index contributed by atoms with van der Waals surface area (Å²) >= 11 is 5.92. The molecular formula is C24H22ClF3N2O2. The molecule has 0 amide bonds. The van der Waals surface area contributed by atoms with Crippen molar-refractivity contribution in [3.8, 4) is 33.9 Å². The molecule has 168 valence electrons. The Bertz CT molecular complexity index is 1030. The molecule has 0 spiro atoms. The number of nitrogens with zero attached hydrogens (tertiary/aromatic N) is 2. The number of likely N-dealkylation sites (tertiary alicyclic amines) is 1. The van der Waals surface area contributed by atoms with Crippen LogP contribution in [0.3, 0.4) is 0 Å². The summed E-state index contributed by atoms with van der Waals surface area (Å²) in [6.07, 6.45) is -0.872. The summed E-state index contributed by atoms with van der Waals surface area (Å²) in [6.45, 7) is 2.94. The quantitative estimate of drug-likeness (QED) is 0.404. The van der Waals surface area contributed by atoms with Gasteiger partial charge in [-0.25, -0.2) is 0 Å². The van der Waals surface area contributed by atoms with E-state index in [1.807, 2.05) is 18.2 Å². The van der Waals surface area contributed by atoms with Crippen LogP contribution in [0, 0.1) is 0 Å². The van der Waals surface area contributed by atoms with Crippen molar-refractivity contribution in [2.75, 3.05) is 26.2 Å². The Morgan fingerprint density at radius 3 is 2.22 bits per heavy atom. The fraction of sp³-hybridized carbons (Fsp3) is 0.292. The summed E-state index contributed by atoms with van der Waals surface area (Å²) in [4.78, 5) is 6.64. The van der Waals surface area contributed by atoms with Gasteiger partial charge in [0.2, 0.25) is 0 Å². The van der Waals surface area contributed by atoms with Gasteiger partial charge in [0.15, 0.2) is 11.5 Å². The first-order valence-electron chi connectivity index (χ1n) is 10.3. The summed E-state index contributed by atoms with van der Waals surface area (Å²) in [5.41, 5.74) is 2.84. The largest absolute Gasteiger partial charge is 0.573 e. The predicted octanol–water partition coefficient (Wildman–Crippen LogP) is 6.44. The molecule has 1 saturated heterocycles. The van der Waals surface area contributed by atoms with Gasteiger partial charge in [-0.3, -0.25) is 9.88 Å². The number of alkyl halides is 3. The van der Waals surface area contributed by atoms with Crippen LogP contribution in [0.1, 0.15) is 12.8 Å². The van der Waals surface area contributed by atoms with Gasteiger partial charge in [-0.05, 0) is 67.9 Å². The number of pyridine rings is 1. The van der Waals surface area contributed by atoms with Crippen molar-refractivity contribution in [1.82, 2.24) is 9.88 Å². The van der Waals surface area contributed by atoms with E-state index in [1.54, 1.807) is 30.5 Å². The van der Waals surface area contributed by atoms with E-state index in [4.69, 9.17) is 16.3 Å². The molecule has 2 heterocycles. The van der Waals surface area contributed by atoms with E-state index in [-0.39, 0.29) is 11.5 Å². The molecule has 4 nitrogen and oxygen atoms in total. The summed E-state index contributed by atoms with van der Waals surface area (Å²) in [5.74, 6) is -0.317. The maximum absolute atomic E-state index is 13.0. The first-order valence-corrected chi connectivity index (χ1v) is 10.7. The number of hydrogen-bond donors (Lipinski definition) is 0. The van der Waals surface area contributed by atoms with Gasteiger partial charge in [0.1, 0.15) is 6.61 Å². The smallest absolute Gasteiger partial charge is 0.488 e. The SMILES string of the molecule is FC(F)(F)Oc1cc(-c2ccc(-c3ccc(Cl)cc3)cn2)ccc1OCCN1CCCC1. The third-order valence-corrected chi connectivity index (χ3v) is 5.52. The van der Waals surface area contributed by atoms with Gasteiger partial charge in [0.05, 0.1) is 5.69 Å². The highest BCUT2D eigenvalue weighted by atomic mass is 35.5. The van der Waals surface area contributed by atoms with Crippen LogP contribution >= 0.6 is 11.6 Å². The number of ether oxygens (including phenoxy) is 2. The van der Waals surface area contributed by atoms with Crippen molar-refractivity contribution in [3.05, 3.63) is 65.8 Å². The lowest BCUT2D eigenvalue weighted by Gasteiger charge is -2.18. The van der Waals surface area contributed by atoms with Gasteiger partial charge in [-0.1, -0.05) is 29.8 Å². The van der Waals surface area contributed by atoms with Crippen molar-refractivity contribution < 1.29 is 22.6 Å². The highest BCUT2D eigenvalue weighted by molar-refractivity contribution is 6.30. The van der Waals surface area contributed by atoms with Gasteiger partial charge in [0, 0.05) is 28.9 Å². The average molecular weight is 463 g/mol. The van der Waals surface area contributed by atoms with Gasteiger partial charge >= 0.3 is 6.36 Å². The number of aromatic nitrogens is 1. The Morgan fingerprint density at radius 1 is 0.875 bits per heavy atom. The molecule has 4 rings (SSSR count). The Hall–Kier alpha value is -2.77. The molecule has 1 aliphatic heterocycles. The van der Waals surface area contributed by atoms with Gasteiger partial charge < -0.3 is 9.47 Å². The topological polar surface area (TPSA) is 34.6 Å². The molecule has 1 aliphatic rings. The lowest BCUT2D eigenvalue weighted by atomic mass is 10.1. The van der Waals surface area contributed by atoms with E-state index >= 15 is 0 Å². The summed E-state index contributed by atoms with van der Waals surface area (Å²) in [5, 5.41) is 0.637. The average Bonchev–Trinajstić information content (AvgIpc) is 3.28. The highest BCUT2D eigenvalue weighted by Crippen LogP contribution is 2.36. The highest BCUT2D eigenvalue weighted by Gasteiger charge is 2.32. The maximum atomic E-state index is 13.0. The predicted molar refractivity (Wildman–Crippen MR) is 118 cm³/mol. The van der Waals surface area contributed by atoms with Crippen LogP contribution in [0.5, 0.6) is 11.5 Å². The second-order valence-corrected chi connectivity index (χ2v) is 7.98. The second kappa shape index (κ2) is 9.79. The van der Waals surface area contributed by atoms with Gasteiger partial charge in [-0.15, -0.1) is 13.2 Å². The van der Waals surface area contributed by atoms with Crippen LogP contribution < -0.4 is 9.47 Å². The first-order chi connectivity index (χ1) is 15.4. The monoisotopic (exact) mass is 462 g/mol. The standard InChI is InChI=1S/C24H22ClF3N2O2/c25-20-7-3-17(4-8-20)19-5-9-21(29-16-19)18-6-10-22(23(15-18)32-24(26,27)28)31-14-13-30-11-1-2-12-30/h3-10,15-16H,1-2,11-14H2. The van der Waals surface area contributed by atoms with E-state index in [1.165, 1.54) is 12.1 Å². The number of halogens is 4. The zero-order chi connectivity index (χ0) is 22.6. The third-order valence-electron chi connectivity index (χ3n) is 5.27. The van der Waals surface area contributed by atoms with Crippen molar-refractivity contribution >= 4 is 11.6 Å². The van der Waals surface area contributed by atoms with Crippen molar-refractivity contribution in [2.45, 2.75) is 19.2 Å². The molecule has 0 atom stereocenters. The van der Waals surface area contributed by atoms with Crippen LogP contribution in [-0.2, 0) is 0 Å². The van der Waals surface area contributed by atoms with Gasteiger partial charge in [-0.2, -0.15) is 0 Å². The molecule has 8 heteroatoms. The number of rotatable bonds is 7. The van der Waals surface area contributed by atoms with E-state index in [0.29, 0.717) is 29.4 Å².